The summed E-state index contributed by atoms with van der Waals surface area (Å²) in [6, 6.07) is -0.790. The fourth-order valence-electron chi connectivity index (χ4n) is 3.81. The lowest BCUT2D eigenvalue weighted by atomic mass is 9.90. The topological polar surface area (TPSA) is 105 Å². The first-order chi connectivity index (χ1) is 15.9. The van der Waals surface area contributed by atoms with Gasteiger partial charge in [0.2, 0.25) is 0 Å². The van der Waals surface area contributed by atoms with Crippen molar-refractivity contribution in [2.75, 3.05) is 6.54 Å². The maximum absolute atomic E-state index is 12.4. The summed E-state index contributed by atoms with van der Waals surface area (Å²) in [5, 5.41) is 0. The van der Waals surface area contributed by atoms with Gasteiger partial charge >= 0.3 is 11.9 Å². The van der Waals surface area contributed by atoms with Crippen LogP contribution in [0.5, 0.6) is 0 Å². The quantitative estimate of drug-likeness (QED) is 0.0878. The monoisotopic (exact) mass is 468 g/mol. The molecule has 194 valence electrons. The number of rotatable bonds is 21. The molecule has 0 aliphatic carbocycles. The first kappa shape index (κ1) is 31.6. The second-order valence-corrected chi connectivity index (χ2v) is 9.57. The highest BCUT2D eigenvalue weighted by molar-refractivity contribution is 5.77. The zero-order chi connectivity index (χ0) is 24.7. The number of hydrogen-bond donors (Lipinski definition) is 2. The lowest BCUT2D eigenvalue weighted by molar-refractivity contribution is -0.264. The second kappa shape index (κ2) is 22.4. The molecule has 2 atom stereocenters. The molecule has 0 saturated carbocycles. The van der Waals surface area contributed by atoms with E-state index in [-0.39, 0.29) is 11.8 Å². The first-order valence-electron chi connectivity index (χ1n) is 13.5. The van der Waals surface area contributed by atoms with Crippen LogP contribution >= 0.6 is 0 Å². The van der Waals surface area contributed by atoms with Crippen molar-refractivity contribution in [1.82, 2.24) is 0 Å². The van der Waals surface area contributed by atoms with Gasteiger partial charge in [0, 0.05) is 0 Å². The van der Waals surface area contributed by atoms with E-state index in [0.29, 0.717) is 13.0 Å². The lowest BCUT2D eigenvalue weighted by Gasteiger charge is -2.18. The van der Waals surface area contributed by atoms with Crippen LogP contribution in [0.4, 0.5) is 0 Å². The fourth-order valence-corrected chi connectivity index (χ4v) is 3.81. The largest absolute Gasteiger partial charge is 0.372 e. The van der Waals surface area contributed by atoms with Crippen LogP contribution in [-0.2, 0) is 19.4 Å². The Morgan fingerprint density at radius 1 is 0.727 bits per heavy atom. The summed E-state index contributed by atoms with van der Waals surface area (Å²) in [7, 11) is 0. The standard InChI is InChI=1S/C27H52N2O4/c1-4-5-6-7-8-9-10-11-12-13-14-15-16-17-20-24(23(2)3)26(30)32-33-27(31)25(29)21-18-19-22-28/h11-12,23-25H,4-10,13-22,28-29H2,1-3H3/b12-11-. The summed E-state index contributed by atoms with van der Waals surface area (Å²) in [6.07, 6.45) is 22.2. The smallest absolute Gasteiger partial charge is 0.330 e. The van der Waals surface area contributed by atoms with Gasteiger partial charge in [-0.05, 0) is 57.4 Å². The molecule has 2 unspecified atom stereocenters. The van der Waals surface area contributed by atoms with Crippen LogP contribution in [0.1, 0.15) is 124 Å². The molecular weight excluding hydrogens is 416 g/mol. The second-order valence-electron chi connectivity index (χ2n) is 9.57. The van der Waals surface area contributed by atoms with Crippen LogP contribution in [-0.4, -0.2) is 24.5 Å². The summed E-state index contributed by atoms with van der Waals surface area (Å²) >= 11 is 0. The van der Waals surface area contributed by atoms with Gasteiger partial charge in [-0.25, -0.2) is 19.4 Å². The number of hydrogen-bond acceptors (Lipinski definition) is 6. The molecule has 33 heavy (non-hydrogen) atoms. The van der Waals surface area contributed by atoms with E-state index in [1.165, 1.54) is 51.4 Å². The van der Waals surface area contributed by atoms with Crippen molar-refractivity contribution in [1.29, 1.82) is 0 Å². The van der Waals surface area contributed by atoms with Crippen LogP contribution in [0.2, 0.25) is 0 Å². The highest BCUT2D eigenvalue weighted by Crippen LogP contribution is 2.21. The molecule has 0 aromatic rings. The Bertz CT molecular complexity index is 508. The average Bonchev–Trinajstić information content (AvgIpc) is 2.79. The SMILES string of the molecule is CCCCCCCC/C=C\CCCCCCC(C(=O)OOC(=O)C(N)CCCCN)C(C)C. The molecule has 0 saturated heterocycles. The third kappa shape index (κ3) is 18.7. The molecule has 0 heterocycles. The van der Waals surface area contributed by atoms with Crippen molar-refractivity contribution in [2.24, 2.45) is 23.3 Å². The summed E-state index contributed by atoms with van der Waals surface area (Å²) in [5.41, 5.74) is 11.2. The summed E-state index contributed by atoms with van der Waals surface area (Å²) in [6.45, 7) is 6.79. The van der Waals surface area contributed by atoms with Crippen LogP contribution in [0.15, 0.2) is 12.2 Å². The zero-order valence-corrected chi connectivity index (χ0v) is 21.7. The number of carbonyl (C=O) groups excluding carboxylic acids is 2. The van der Waals surface area contributed by atoms with Crippen molar-refractivity contribution in [3.63, 3.8) is 0 Å². The van der Waals surface area contributed by atoms with E-state index in [9.17, 15) is 9.59 Å². The number of nitrogens with two attached hydrogens (primary N) is 2. The molecule has 4 N–H and O–H groups in total. The van der Waals surface area contributed by atoms with Crippen molar-refractivity contribution >= 4 is 11.9 Å². The highest BCUT2D eigenvalue weighted by atomic mass is 17.2. The summed E-state index contributed by atoms with van der Waals surface area (Å²) < 4.78 is 0. The molecule has 0 spiro atoms. The predicted molar refractivity (Wildman–Crippen MR) is 136 cm³/mol. The minimum Gasteiger partial charge on any atom is -0.330 e. The van der Waals surface area contributed by atoms with Gasteiger partial charge < -0.3 is 11.5 Å². The number of carbonyl (C=O) groups is 2. The van der Waals surface area contributed by atoms with Gasteiger partial charge in [0.25, 0.3) is 0 Å². The van der Waals surface area contributed by atoms with E-state index in [0.717, 1.165) is 44.9 Å². The number of allylic oxidation sites excluding steroid dienone is 2. The molecule has 0 bridgehead atoms. The molecule has 0 aliphatic heterocycles. The molecule has 6 heteroatoms. The molecule has 6 nitrogen and oxygen atoms in total. The fraction of sp³-hybridized carbons (Fsp3) is 0.852. The van der Waals surface area contributed by atoms with Gasteiger partial charge in [0.05, 0.1) is 5.92 Å². The molecule has 0 aliphatic rings. The maximum Gasteiger partial charge on any atom is 0.372 e. The van der Waals surface area contributed by atoms with E-state index < -0.39 is 18.0 Å². The van der Waals surface area contributed by atoms with E-state index in [4.69, 9.17) is 21.2 Å². The van der Waals surface area contributed by atoms with E-state index >= 15 is 0 Å². The van der Waals surface area contributed by atoms with Crippen molar-refractivity contribution in [2.45, 2.75) is 130 Å². The van der Waals surface area contributed by atoms with Gasteiger partial charge in [-0.15, -0.1) is 0 Å². The van der Waals surface area contributed by atoms with Crippen LogP contribution < -0.4 is 11.5 Å². The molecule has 0 aromatic heterocycles. The first-order valence-corrected chi connectivity index (χ1v) is 13.5. The van der Waals surface area contributed by atoms with E-state index in [1.54, 1.807) is 0 Å². The Morgan fingerprint density at radius 2 is 1.24 bits per heavy atom. The van der Waals surface area contributed by atoms with E-state index in [1.807, 2.05) is 13.8 Å². The molecule has 0 radical (unpaired) electrons. The van der Waals surface area contributed by atoms with E-state index in [2.05, 4.69) is 19.1 Å². The van der Waals surface area contributed by atoms with Crippen LogP contribution in [0, 0.1) is 11.8 Å². The third-order valence-electron chi connectivity index (χ3n) is 6.11. The van der Waals surface area contributed by atoms with Crippen molar-refractivity contribution < 1.29 is 19.4 Å². The Labute approximate surface area is 203 Å². The molecule has 0 aromatic carbocycles. The Kier molecular flexibility index (Phi) is 21.4. The minimum atomic E-state index is -0.790. The average molecular weight is 469 g/mol. The minimum absolute atomic E-state index is 0.124. The van der Waals surface area contributed by atoms with Gasteiger partial charge in [-0.3, -0.25) is 0 Å². The molecule has 0 rings (SSSR count). The van der Waals surface area contributed by atoms with Gasteiger partial charge in [-0.1, -0.05) is 90.7 Å². The Morgan fingerprint density at radius 3 is 1.82 bits per heavy atom. The summed E-state index contributed by atoms with van der Waals surface area (Å²) in [5.74, 6) is -1.33. The molecule has 0 amide bonds. The van der Waals surface area contributed by atoms with Crippen molar-refractivity contribution in [3.8, 4) is 0 Å². The Hall–Kier alpha value is -1.40. The third-order valence-corrected chi connectivity index (χ3v) is 6.11. The zero-order valence-electron chi connectivity index (χ0n) is 21.7. The molecule has 0 fully saturated rings. The van der Waals surface area contributed by atoms with Crippen LogP contribution in [0.3, 0.4) is 0 Å². The van der Waals surface area contributed by atoms with Gasteiger partial charge in [0.15, 0.2) is 0 Å². The highest BCUT2D eigenvalue weighted by Gasteiger charge is 2.26. The maximum atomic E-state index is 12.4. The summed E-state index contributed by atoms with van der Waals surface area (Å²) in [4.78, 5) is 33.8. The number of unbranched alkanes of at least 4 members (excludes halogenated alkanes) is 11. The normalized spacial score (nSPS) is 13.4. The van der Waals surface area contributed by atoms with Crippen LogP contribution in [0.25, 0.3) is 0 Å². The van der Waals surface area contributed by atoms with Crippen molar-refractivity contribution in [3.05, 3.63) is 12.2 Å². The van der Waals surface area contributed by atoms with Gasteiger partial charge in [-0.2, -0.15) is 0 Å². The predicted octanol–water partition coefficient (Wildman–Crippen LogP) is 6.36. The lowest BCUT2D eigenvalue weighted by Crippen LogP contribution is -2.34. The Balaban J connectivity index is 3.89. The molecular formula is C27H52N2O4. The van der Waals surface area contributed by atoms with Gasteiger partial charge in [0.1, 0.15) is 6.04 Å².